The summed E-state index contributed by atoms with van der Waals surface area (Å²) >= 11 is 0. The minimum Gasteiger partial charge on any atom is -0.508 e. The molecule has 3 N–H and O–H groups in total. The highest BCUT2D eigenvalue weighted by Crippen LogP contribution is 2.70. The fraction of sp³-hybridized carbons (Fsp3) is 0.435. The third-order valence-corrected chi connectivity index (χ3v) is 13.7. The molecule has 8 nitrogen and oxygen atoms in total. The fourth-order valence-electron chi connectivity index (χ4n) is 10.6. The molecule has 1 saturated carbocycles. The van der Waals surface area contributed by atoms with Crippen molar-refractivity contribution in [3.05, 3.63) is 119 Å². The van der Waals surface area contributed by atoms with Gasteiger partial charge in [-0.15, -0.1) is 0 Å². The van der Waals surface area contributed by atoms with E-state index < -0.39 is 23.3 Å². The maximum Gasteiger partial charge on any atom is 0.263 e. The van der Waals surface area contributed by atoms with Crippen LogP contribution in [-0.4, -0.2) is 73.6 Å². The Morgan fingerprint density at radius 2 is 1.64 bits per heavy atom. The third-order valence-electron chi connectivity index (χ3n) is 13.7. The number of nitrogens with one attached hydrogen (secondary N) is 2. The van der Waals surface area contributed by atoms with Crippen LogP contribution in [0.2, 0.25) is 0 Å². The van der Waals surface area contributed by atoms with Crippen molar-refractivity contribution in [2.24, 2.45) is 11.8 Å². The van der Waals surface area contributed by atoms with Crippen molar-refractivity contribution >= 4 is 23.2 Å². The van der Waals surface area contributed by atoms with Crippen molar-refractivity contribution in [2.45, 2.75) is 74.2 Å². The molecule has 3 saturated heterocycles. The van der Waals surface area contributed by atoms with Gasteiger partial charge in [0.05, 0.1) is 18.4 Å². The number of piperidine rings is 3. The minimum absolute atomic E-state index is 0.0972. The van der Waals surface area contributed by atoms with E-state index in [1.54, 1.807) is 37.4 Å². The number of amides is 2. The average Bonchev–Trinajstić information content (AvgIpc) is 3.72. The maximum atomic E-state index is 15.6. The van der Waals surface area contributed by atoms with Crippen LogP contribution in [0.15, 0.2) is 91.0 Å². The number of aromatic hydroxyl groups is 1. The number of phenolic OH excluding ortho intramolecular Hbond substituents is 1. The molecule has 0 bridgehead atoms. The van der Waals surface area contributed by atoms with Crippen molar-refractivity contribution in [1.29, 1.82) is 0 Å². The predicted octanol–water partition coefficient (Wildman–Crippen LogP) is 7.61. The molecule has 3 heterocycles. The number of hydrogen-bond donors (Lipinski definition) is 3. The molecule has 292 valence electrons. The van der Waals surface area contributed by atoms with Gasteiger partial charge in [-0.3, -0.25) is 14.9 Å². The Morgan fingerprint density at radius 1 is 0.875 bits per heavy atom. The number of aryl methyl sites for hydroxylation is 1. The Kier molecular flexibility index (Phi) is 9.51. The Labute approximate surface area is 327 Å². The Bertz CT molecular complexity index is 2100. The molecule has 0 radical (unpaired) electrons. The molecule has 4 aromatic carbocycles. The molecule has 0 spiro atoms. The van der Waals surface area contributed by atoms with Crippen LogP contribution in [0.25, 0.3) is 0 Å². The summed E-state index contributed by atoms with van der Waals surface area (Å²) < 4.78 is 37.4. The Morgan fingerprint density at radius 3 is 2.38 bits per heavy atom. The second kappa shape index (κ2) is 14.5. The predicted molar refractivity (Wildman–Crippen MR) is 213 cm³/mol. The zero-order valence-corrected chi connectivity index (χ0v) is 31.9. The molecule has 3 aliphatic heterocycles. The lowest BCUT2D eigenvalue weighted by molar-refractivity contribution is -0.133. The van der Waals surface area contributed by atoms with Crippen LogP contribution in [0.5, 0.6) is 11.5 Å². The molecule has 4 aromatic rings. The maximum absolute atomic E-state index is 15.6. The van der Waals surface area contributed by atoms with Gasteiger partial charge in [0, 0.05) is 61.5 Å². The van der Waals surface area contributed by atoms with E-state index in [1.165, 1.54) is 16.7 Å². The third kappa shape index (κ3) is 6.49. The highest BCUT2D eigenvalue weighted by molar-refractivity contribution is 6.01. The largest absolute Gasteiger partial charge is 0.508 e. The molecule has 56 heavy (non-hydrogen) atoms. The lowest BCUT2D eigenvalue weighted by Gasteiger charge is -2.38. The van der Waals surface area contributed by atoms with Gasteiger partial charge in [-0.2, -0.15) is 0 Å². The summed E-state index contributed by atoms with van der Waals surface area (Å²) in [7, 11) is 1.75. The molecule has 4 fully saturated rings. The quantitative estimate of drug-likeness (QED) is 0.151. The van der Waals surface area contributed by atoms with E-state index in [0.29, 0.717) is 48.8 Å². The summed E-state index contributed by atoms with van der Waals surface area (Å²) in [6.07, 6.45) is 5.02. The summed E-state index contributed by atoms with van der Waals surface area (Å²) in [5, 5.41) is 15.8. The average molecular weight is 761 g/mol. The number of methoxy groups -OCH3 is 1. The Hall–Kier alpha value is -4.96. The van der Waals surface area contributed by atoms with E-state index in [1.807, 2.05) is 6.07 Å². The van der Waals surface area contributed by atoms with E-state index >= 15 is 8.78 Å². The monoisotopic (exact) mass is 760 g/mol. The molecule has 10 heteroatoms. The first-order valence-electron chi connectivity index (χ1n) is 20.2. The summed E-state index contributed by atoms with van der Waals surface area (Å²) in [6.45, 7) is 3.69. The molecule has 5 aliphatic rings. The number of carbonyl (C=O) groups excluding carboxylic acids is 2. The van der Waals surface area contributed by atoms with Crippen LogP contribution in [0.3, 0.4) is 0 Å². The number of nitrogens with zero attached hydrogens (tertiary/aromatic N) is 2. The van der Waals surface area contributed by atoms with Gasteiger partial charge in [-0.05, 0) is 109 Å². The molecular weight excluding hydrogens is 711 g/mol. The van der Waals surface area contributed by atoms with Crippen LogP contribution >= 0.6 is 0 Å². The van der Waals surface area contributed by atoms with Crippen LogP contribution in [-0.2, 0) is 21.4 Å². The zero-order valence-electron chi connectivity index (χ0n) is 31.9. The molecule has 0 unspecified atom stereocenters. The molecule has 0 aromatic heterocycles. The van der Waals surface area contributed by atoms with E-state index in [2.05, 4.69) is 75.0 Å². The van der Waals surface area contributed by atoms with Gasteiger partial charge < -0.3 is 25.0 Å². The first-order valence-corrected chi connectivity index (χ1v) is 20.2. The molecular formula is C46H50F2N4O4. The lowest BCUT2D eigenvalue weighted by atomic mass is 9.69. The second-order valence-electron chi connectivity index (χ2n) is 16.7. The molecule has 9 rings (SSSR count). The highest BCUT2D eigenvalue weighted by Gasteiger charge is 2.81. The number of rotatable bonds is 9. The normalized spacial score (nSPS) is 27.5. The molecule has 5 atom stereocenters. The molecule has 2 aliphatic carbocycles. The minimum atomic E-state index is -2.75. The Balaban J connectivity index is 0.831. The number of phenols is 1. The van der Waals surface area contributed by atoms with E-state index in [9.17, 15) is 14.7 Å². The van der Waals surface area contributed by atoms with Gasteiger partial charge in [0.2, 0.25) is 11.8 Å². The van der Waals surface area contributed by atoms with Gasteiger partial charge in [0.1, 0.15) is 17.5 Å². The van der Waals surface area contributed by atoms with Gasteiger partial charge in [0.15, 0.2) is 0 Å². The van der Waals surface area contributed by atoms with Crippen molar-refractivity contribution in [2.75, 3.05) is 50.1 Å². The van der Waals surface area contributed by atoms with Crippen LogP contribution in [0.1, 0.15) is 78.2 Å². The fourth-order valence-corrected chi connectivity index (χ4v) is 10.6. The first kappa shape index (κ1) is 36.7. The standard InChI is InChI=1S/C46H50F2N4O4/c1-56-40-26-34(12-15-38(40)43-36(30-5-3-2-4-6-30)14-7-31-25-35(53)13-16-37(31)43)52-22-19-29(20-23-52)27-51-24-21-45(41(28-51)46(45,47)48)32-8-10-33(11-9-32)49-39-17-18-42(54)50-44(39)55/h2-6,8-13,15-16,25-26,29,36,39,41,43,49,53H,7,14,17-24,27-28H2,1H3,(H,50,54,55)/t36-,39+,41+,43+,45+/m1/s1. The van der Waals surface area contributed by atoms with E-state index in [-0.39, 0.29) is 30.1 Å². The number of ether oxygens (including phenoxy) is 1. The van der Waals surface area contributed by atoms with E-state index in [0.717, 1.165) is 62.3 Å². The summed E-state index contributed by atoms with van der Waals surface area (Å²) in [5.74, 6) is -2.07. The van der Waals surface area contributed by atoms with Crippen LogP contribution < -0.4 is 20.3 Å². The van der Waals surface area contributed by atoms with Crippen LogP contribution in [0.4, 0.5) is 20.2 Å². The van der Waals surface area contributed by atoms with Crippen molar-refractivity contribution in [1.82, 2.24) is 10.2 Å². The summed E-state index contributed by atoms with van der Waals surface area (Å²) in [6, 6.07) is 29.8. The van der Waals surface area contributed by atoms with Crippen molar-refractivity contribution in [3.63, 3.8) is 0 Å². The number of halogens is 2. The number of hydrogen-bond acceptors (Lipinski definition) is 7. The van der Waals surface area contributed by atoms with E-state index in [4.69, 9.17) is 4.74 Å². The first-order chi connectivity index (χ1) is 27.1. The summed E-state index contributed by atoms with van der Waals surface area (Å²) in [5.41, 5.74) is 6.26. The molecule has 2 amide bonds. The van der Waals surface area contributed by atoms with Crippen molar-refractivity contribution < 1.29 is 28.2 Å². The van der Waals surface area contributed by atoms with Crippen molar-refractivity contribution in [3.8, 4) is 11.5 Å². The SMILES string of the molecule is COc1cc(N2CCC(CN3CC[C@]4(c5ccc(N[C@H]6CCC(=O)NC6=O)cc5)[C@H](C3)C4(F)F)CC2)ccc1[C@@H]1c2ccc(O)cc2CC[C@@H]1c1ccccc1. The number of likely N-dealkylation sites (tertiary alicyclic amines) is 1. The number of anilines is 2. The highest BCUT2D eigenvalue weighted by atomic mass is 19.3. The summed E-state index contributed by atoms with van der Waals surface area (Å²) in [4.78, 5) is 28.4. The smallest absolute Gasteiger partial charge is 0.263 e. The number of imide groups is 1. The number of alkyl halides is 2. The number of carbonyl (C=O) groups is 2. The van der Waals surface area contributed by atoms with Gasteiger partial charge in [0.25, 0.3) is 5.92 Å². The van der Waals surface area contributed by atoms with Crippen LogP contribution in [0, 0.1) is 11.8 Å². The van der Waals surface area contributed by atoms with Gasteiger partial charge in [-0.25, -0.2) is 8.78 Å². The second-order valence-corrected chi connectivity index (χ2v) is 16.7. The topological polar surface area (TPSA) is 94.1 Å². The zero-order chi connectivity index (χ0) is 38.6. The lowest BCUT2D eigenvalue weighted by Crippen LogP contribution is -2.47. The number of fused-ring (bicyclic) bond motifs is 2. The number of benzene rings is 4. The van der Waals surface area contributed by atoms with Gasteiger partial charge >= 0.3 is 0 Å². The van der Waals surface area contributed by atoms with Gasteiger partial charge in [-0.1, -0.05) is 54.6 Å².